The van der Waals surface area contributed by atoms with Gasteiger partial charge in [0.2, 0.25) is 11.8 Å². The number of nitrogens with zero attached hydrogens (tertiary/aromatic N) is 1. The molecule has 1 N–H and O–H groups in total. The van der Waals surface area contributed by atoms with Gasteiger partial charge in [-0.15, -0.1) is 0 Å². The minimum Gasteiger partial charge on any atom is -0.352 e. The summed E-state index contributed by atoms with van der Waals surface area (Å²) >= 11 is 0. The van der Waals surface area contributed by atoms with Crippen LogP contribution in [0, 0.1) is 6.92 Å². The van der Waals surface area contributed by atoms with Crippen molar-refractivity contribution in [3.05, 3.63) is 71.3 Å². The lowest BCUT2D eigenvalue weighted by Crippen LogP contribution is -2.51. The molecule has 1 aliphatic carbocycles. The Bertz CT molecular complexity index is 795. The number of aryl methyl sites for hydroxylation is 1. The van der Waals surface area contributed by atoms with E-state index in [0.29, 0.717) is 13.0 Å². The van der Waals surface area contributed by atoms with Gasteiger partial charge in [0.1, 0.15) is 6.04 Å². The first-order valence-electron chi connectivity index (χ1n) is 10.7. The first-order chi connectivity index (χ1) is 14.0. The van der Waals surface area contributed by atoms with Crippen LogP contribution in [0.25, 0.3) is 0 Å². The third-order valence-electron chi connectivity index (χ3n) is 5.83. The molecule has 1 aliphatic rings. The van der Waals surface area contributed by atoms with Gasteiger partial charge in [0.15, 0.2) is 0 Å². The Kier molecular flexibility index (Phi) is 7.45. The molecular weight excluding hydrogens is 360 g/mol. The van der Waals surface area contributed by atoms with Crippen LogP contribution in [-0.4, -0.2) is 35.3 Å². The number of nitrogens with one attached hydrogen (secondary N) is 1. The lowest BCUT2D eigenvalue weighted by molar-refractivity contribution is -0.139. The lowest BCUT2D eigenvalue weighted by Gasteiger charge is -2.30. The molecular formula is C25H32N2O2. The maximum atomic E-state index is 13.1. The first kappa shape index (κ1) is 21.1. The van der Waals surface area contributed by atoms with E-state index in [4.69, 9.17) is 0 Å². The van der Waals surface area contributed by atoms with Crippen molar-refractivity contribution in [2.75, 3.05) is 6.54 Å². The van der Waals surface area contributed by atoms with Gasteiger partial charge in [0, 0.05) is 12.6 Å². The highest BCUT2D eigenvalue weighted by atomic mass is 16.2. The number of rotatable bonds is 8. The molecule has 0 spiro atoms. The van der Waals surface area contributed by atoms with E-state index < -0.39 is 6.04 Å². The van der Waals surface area contributed by atoms with Crippen molar-refractivity contribution in [3.63, 3.8) is 0 Å². The van der Waals surface area contributed by atoms with Crippen LogP contribution in [0.4, 0.5) is 0 Å². The van der Waals surface area contributed by atoms with Crippen molar-refractivity contribution in [2.24, 2.45) is 0 Å². The molecule has 4 nitrogen and oxygen atoms in total. The highest BCUT2D eigenvalue weighted by molar-refractivity contribution is 5.88. The van der Waals surface area contributed by atoms with E-state index in [9.17, 15) is 9.59 Å². The van der Waals surface area contributed by atoms with Crippen LogP contribution in [-0.2, 0) is 22.4 Å². The van der Waals surface area contributed by atoms with Gasteiger partial charge in [0.05, 0.1) is 6.42 Å². The van der Waals surface area contributed by atoms with E-state index in [0.717, 1.165) is 24.8 Å². The molecule has 0 aromatic heterocycles. The summed E-state index contributed by atoms with van der Waals surface area (Å²) in [5.74, 6) is -0.0407. The number of benzene rings is 2. The maximum absolute atomic E-state index is 13.1. The molecule has 1 saturated carbocycles. The van der Waals surface area contributed by atoms with E-state index in [1.54, 1.807) is 4.90 Å². The van der Waals surface area contributed by atoms with Gasteiger partial charge in [-0.25, -0.2) is 0 Å². The van der Waals surface area contributed by atoms with Crippen LogP contribution in [0.3, 0.4) is 0 Å². The molecule has 4 heteroatoms. The van der Waals surface area contributed by atoms with E-state index in [1.165, 1.54) is 24.0 Å². The van der Waals surface area contributed by atoms with Crippen LogP contribution in [0.2, 0.25) is 0 Å². The number of carbonyl (C=O) groups excluding carboxylic acids is 2. The Balaban J connectivity index is 1.69. The quantitative estimate of drug-likeness (QED) is 0.737. The zero-order chi connectivity index (χ0) is 20.6. The molecule has 0 heterocycles. The molecule has 2 aromatic carbocycles. The molecule has 0 aliphatic heterocycles. The largest absolute Gasteiger partial charge is 0.352 e. The Morgan fingerprint density at radius 3 is 2.31 bits per heavy atom. The summed E-state index contributed by atoms with van der Waals surface area (Å²) in [5, 5.41) is 3.15. The minimum absolute atomic E-state index is 0.00106. The molecule has 1 atom stereocenters. The smallest absolute Gasteiger partial charge is 0.242 e. The van der Waals surface area contributed by atoms with Gasteiger partial charge in [0.25, 0.3) is 0 Å². The standard InChI is InChI=1S/C25H32N2O2/c1-19-12-14-22(15-13-19)18-24(28)27(17-16-21-8-4-3-5-9-21)20(2)25(29)26-23-10-6-7-11-23/h3-5,8-9,12-15,20,23H,6-7,10-11,16-18H2,1-2H3,(H,26,29)/t20-/m1/s1. The van der Waals surface area contributed by atoms with Gasteiger partial charge in [-0.2, -0.15) is 0 Å². The Morgan fingerprint density at radius 1 is 1.00 bits per heavy atom. The van der Waals surface area contributed by atoms with Gasteiger partial charge in [-0.1, -0.05) is 73.0 Å². The van der Waals surface area contributed by atoms with Crippen molar-refractivity contribution < 1.29 is 9.59 Å². The second-order valence-corrected chi connectivity index (χ2v) is 8.15. The molecule has 1 fully saturated rings. The number of hydrogen-bond acceptors (Lipinski definition) is 2. The zero-order valence-corrected chi connectivity index (χ0v) is 17.6. The third-order valence-corrected chi connectivity index (χ3v) is 5.83. The maximum Gasteiger partial charge on any atom is 0.242 e. The fourth-order valence-corrected chi connectivity index (χ4v) is 3.94. The fraction of sp³-hybridized carbons (Fsp3) is 0.440. The van der Waals surface area contributed by atoms with Crippen LogP contribution in [0.1, 0.15) is 49.3 Å². The summed E-state index contributed by atoms with van der Waals surface area (Å²) in [7, 11) is 0. The minimum atomic E-state index is -0.475. The monoisotopic (exact) mass is 392 g/mol. The van der Waals surface area contributed by atoms with Crippen molar-refractivity contribution in [1.82, 2.24) is 10.2 Å². The average molecular weight is 393 g/mol. The molecule has 0 radical (unpaired) electrons. The molecule has 29 heavy (non-hydrogen) atoms. The summed E-state index contributed by atoms with van der Waals surface area (Å²) in [4.78, 5) is 27.7. The molecule has 2 amide bonds. The van der Waals surface area contributed by atoms with Crippen LogP contribution >= 0.6 is 0 Å². The Hall–Kier alpha value is -2.62. The van der Waals surface area contributed by atoms with Gasteiger partial charge < -0.3 is 10.2 Å². The van der Waals surface area contributed by atoms with Gasteiger partial charge in [-0.3, -0.25) is 9.59 Å². The highest BCUT2D eigenvalue weighted by Crippen LogP contribution is 2.18. The van der Waals surface area contributed by atoms with E-state index in [1.807, 2.05) is 56.3 Å². The summed E-state index contributed by atoms with van der Waals surface area (Å²) in [5.41, 5.74) is 3.32. The first-order valence-corrected chi connectivity index (χ1v) is 10.7. The molecule has 3 rings (SSSR count). The van der Waals surface area contributed by atoms with E-state index in [-0.39, 0.29) is 17.9 Å². The summed E-state index contributed by atoms with van der Waals surface area (Å²) in [6.07, 6.45) is 5.48. The van der Waals surface area contributed by atoms with E-state index in [2.05, 4.69) is 17.4 Å². The van der Waals surface area contributed by atoms with Gasteiger partial charge in [-0.05, 0) is 44.2 Å². The summed E-state index contributed by atoms with van der Waals surface area (Å²) in [6, 6.07) is 17.9. The van der Waals surface area contributed by atoms with Crippen molar-refractivity contribution >= 4 is 11.8 Å². The molecule has 0 saturated heterocycles. The number of carbonyl (C=O) groups is 2. The van der Waals surface area contributed by atoms with E-state index >= 15 is 0 Å². The third kappa shape index (κ3) is 6.18. The molecule has 0 unspecified atom stereocenters. The van der Waals surface area contributed by atoms with Crippen molar-refractivity contribution in [1.29, 1.82) is 0 Å². The predicted molar refractivity (Wildman–Crippen MR) is 117 cm³/mol. The van der Waals surface area contributed by atoms with Gasteiger partial charge >= 0.3 is 0 Å². The Labute approximate surface area is 174 Å². The predicted octanol–water partition coefficient (Wildman–Crippen LogP) is 4.06. The second-order valence-electron chi connectivity index (χ2n) is 8.15. The van der Waals surface area contributed by atoms with Crippen molar-refractivity contribution in [3.8, 4) is 0 Å². The molecule has 2 aromatic rings. The SMILES string of the molecule is Cc1ccc(CC(=O)N(CCc2ccccc2)[C@H](C)C(=O)NC2CCCC2)cc1. The summed E-state index contributed by atoms with van der Waals surface area (Å²) in [6.45, 7) is 4.42. The topological polar surface area (TPSA) is 49.4 Å². The zero-order valence-electron chi connectivity index (χ0n) is 17.6. The normalized spacial score (nSPS) is 15.1. The molecule has 154 valence electrons. The number of amides is 2. The second kappa shape index (κ2) is 10.2. The fourth-order valence-electron chi connectivity index (χ4n) is 3.94. The highest BCUT2D eigenvalue weighted by Gasteiger charge is 2.28. The average Bonchev–Trinajstić information content (AvgIpc) is 3.23. The van der Waals surface area contributed by atoms with Crippen LogP contribution in [0.15, 0.2) is 54.6 Å². The Morgan fingerprint density at radius 2 is 1.66 bits per heavy atom. The molecule has 0 bridgehead atoms. The summed E-state index contributed by atoms with van der Waals surface area (Å²) < 4.78 is 0. The van der Waals surface area contributed by atoms with Crippen LogP contribution < -0.4 is 5.32 Å². The lowest BCUT2D eigenvalue weighted by atomic mass is 10.1. The number of hydrogen-bond donors (Lipinski definition) is 1. The van der Waals surface area contributed by atoms with Crippen LogP contribution in [0.5, 0.6) is 0 Å². The van der Waals surface area contributed by atoms with Crippen molar-refractivity contribution in [2.45, 2.75) is 64.5 Å².